The number of rotatable bonds is 7. The van der Waals surface area contributed by atoms with Crippen LogP contribution in [-0.4, -0.2) is 43.4 Å². The van der Waals surface area contributed by atoms with Crippen molar-refractivity contribution in [3.05, 3.63) is 11.7 Å². The second-order valence-electron chi connectivity index (χ2n) is 5.61. The van der Waals surface area contributed by atoms with E-state index in [-0.39, 0.29) is 0 Å². The van der Waals surface area contributed by atoms with Gasteiger partial charge in [-0.05, 0) is 31.6 Å². The van der Waals surface area contributed by atoms with E-state index in [2.05, 4.69) is 25.8 Å². The Bertz CT molecular complexity index is 468. The van der Waals surface area contributed by atoms with Crippen LogP contribution in [0.3, 0.4) is 0 Å². The van der Waals surface area contributed by atoms with Crippen LogP contribution in [0.2, 0.25) is 0 Å². The van der Waals surface area contributed by atoms with Gasteiger partial charge in [0.15, 0.2) is 11.8 Å². The summed E-state index contributed by atoms with van der Waals surface area (Å²) >= 11 is 0. The lowest BCUT2D eigenvalue weighted by Crippen LogP contribution is -2.46. The van der Waals surface area contributed by atoms with Crippen LogP contribution in [0, 0.1) is 12.3 Å². The molecule has 0 atom stereocenters. The monoisotopic (exact) mass is 295 g/mol. The molecule has 0 unspecified atom stereocenters. The first kappa shape index (κ1) is 15.8. The number of nitrogens with one attached hydrogen (secondary N) is 2. The second-order valence-corrected chi connectivity index (χ2v) is 5.61. The number of aliphatic imine (C=N–C) groups is 1. The molecule has 0 amide bonds. The molecule has 7 nitrogen and oxygen atoms in total. The fourth-order valence-corrected chi connectivity index (χ4v) is 2.57. The maximum absolute atomic E-state index is 5.21. The predicted octanol–water partition coefficient (Wildman–Crippen LogP) is 1.25. The molecule has 1 aromatic heterocycles. The van der Waals surface area contributed by atoms with E-state index in [4.69, 9.17) is 9.26 Å². The molecule has 0 spiro atoms. The zero-order valence-corrected chi connectivity index (χ0v) is 13.1. The number of methoxy groups -OCH3 is 1. The topological polar surface area (TPSA) is 84.6 Å². The number of hydrogen-bond acceptors (Lipinski definition) is 5. The van der Waals surface area contributed by atoms with E-state index in [1.165, 1.54) is 19.3 Å². The Labute approximate surface area is 125 Å². The van der Waals surface area contributed by atoms with Crippen LogP contribution in [0.25, 0.3) is 0 Å². The first-order valence-electron chi connectivity index (χ1n) is 7.40. The Balaban J connectivity index is 1.77. The van der Waals surface area contributed by atoms with Crippen LogP contribution >= 0.6 is 0 Å². The van der Waals surface area contributed by atoms with Gasteiger partial charge < -0.3 is 19.9 Å². The SMILES string of the molecule is CN=C(NCc1nc(C)no1)NCC1(CCOC)CCC1. The van der Waals surface area contributed by atoms with Crippen molar-refractivity contribution in [2.75, 3.05) is 27.3 Å². The molecule has 0 radical (unpaired) electrons. The second kappa shape index (κ2) is 7.40. The number of ether oxygens (including phenoxy) is 1. The highest BCUT2D eigenvalue weighted by Gasteiger charge is 2.36. The largest absolute Gasteiger partial charge is 0.385 e. The zero-order valence-electron chi connectivity index (χ0n) is 13.1. The van der Waals surface area contributed by atoms with Crippen molar-refractivity contribution in [3.63, 3.8) is 0 Å². The highest BCUT2D eigenvalue weighted by molar-refractivity contribution is 5.79. The molecule has 118 valence electrons. The average Bonchev–Trinajstić information content (AvgIpc) is 2.86. The van der Waals surface area contributed by atoms with E-state index in [1.807, 2.05) is 0 Å². The fourth-order valence-electron chi connectivity index (χ4n) is 2.57. The molecule has 1 aromatic rings. The summed E-state index contributed by atoms with van der Waals surface area (Å²) in [6, 6.07) is 0. The fraction of sp³-hybridized carbons (Fsp3) is 0.786. The van der Waals surface area contributed by atoms with E-state index in [0.29, 0.717) is 23.7 Å². The standard InChI is InChI=1S/C14H25N5O2/c1-11-18-12(21-19-11)9-16-13(15-2)17-10-14(5-4-6-14)7-8-20-3/h4-10H2,1-3H3,(H2,15,16,17). The molecule has 21 heavy (non-hydrogen) atoms. The van der Waals surface area contributed by atoms with E-state index in [1.54, 1.807) is 21.1 Å². The molecule has 2 N–H and O–H groups in total. The summed E-state index contributed by atoms with van der Waals surface area (Å²) < 4.78 is 10.3. The first-order valence-corrected chi connectivity index (χ1v) is 7.40. The van der Waals surface area contributed by atoms with Gasteiger partial charge >= 0.3 is 0 Å². The summed E-state index contributed by atoms with van der Waals surface area (Å²) in [5, 5.41) is 10.3. The number of guanidine groups is 1. The molecule has 1 aliphatic carbocycles. The molecule has 0 aromatic carbocycles. The molecule has 1 heterocycles. The molecule has 0 saturated heterocycles. The minimum Gasteiger partial charge on any atom is -0.385 e. The molecule has 1 saturated carbocycles. The van der Waals surface area contributed by atoms with Crippen molar-refractivity contribution in [1.82, 2.24) is 20.8 Å². The average molecular weight is 295 g/mol. The van der Waals surface area contributed by atoms with Crippen LogP contribution in [0.15, 0.2) is 9.52 Å². The summed E-state index contributed by atoms with van der Waals surface area (Å²) in [4.78, 5) is 8.38. The normalized spacial score (nSPS) is 17.4. The van der Waals surface area contributed by atoms with Crippen LogP contribution in [0.4, 0.5) is 0 Å². The first-order chi connectivity index (χ1) is 10.2. The number of aryl methyl sites for hydroxylation is 1. The van der Waals surface area contributed by atoms with Gasteiger partial charge in [-0.2, -0.15) is 4.98 Å². The minimum atomic E-state index is 0.356. The summed E-state index contributed by atoms with van der Waals surface area (Å²) in [7, 11) is 3.52. The molecule has 0 aliphatic heterocycles. The molecular formula is C14H25N5O2. The highest BCUT2D eigenvalue weighted by atomic mass is 16.5. The van der Waals surface area contributed by atoms with Crippen molar-refractivity contribution < 1.29 is 9.26 Å². The molecule has 1 fully saturated rings. The van der Waals surface area contributed by atoms with Gasteiger partial charge in [-0.1, -0.05) is 11.6 Å². The Morgan fingerprint density at radius 3 is 2.76 bits per heavy atom. The van der Waals surface area contributed by atoms with Gasteiger partial charge in [0.25, 0.3) is 0 Å². The smallest absolute Gasteiger partial charge is 0.246 e. The third-order valence-electron chi connectivity index (χ3n) is 4.08. The van der Waals surface area contributed by atoms with Gasteiger partial charge in [0.1, 0.15) is 0 Å². The van der Waals surface area contributed by atoms with Crippen LogP contribution in [0.1, 0.15) is 37.4 Å². The van der Waals surface area contributed by atoms with Gasteiger partial charge in [0.2, 0.25) is 5.89 Å². The Hall–Kier alpha value is -1.63. The molecule has 1 aliphatic rings. The maximum atomic E-state index is 5.21. The van der Waals surface area contributed by atoms with E-state index in [9.17, 15) is 0 Å². The highest BCUT2D eigenvalue weighted by Crippen LogP contribution is 2.43. The lowest BCUT2D eigenvalue weighted by molar-refractivity contribution is 0.0732. The maximum Gasteiger partial charge on any atom is 0.246 e. The summed E-state index contributed by atoms with van der Waals surface area (Å²) in [6.07, 6.45) is 4.90. The molecule has 0 bridgehead atoms. The van der Waals surface area contributed by atoms with Crippen molar-refractivity contribution in [2.24, 2.45) is 10.4 Å². The van der Waals surface area contributed by atoms with Crippen molar-refractivity contribution in [2.45, 2.75) is 39.2 Å². The van der Waals surface area contributed by atoms with Crippen LogP contribution in [-0.2, 0) is 11.3 Å². The quantitative estimate of drug-likeness (QED) is 0.582. The summed E-state index contributed by atoms with van der Waals surface area (Å²) in [5.41, 5.74) is 0.356. The minimum absolute atomic E-state index is 0.356. The van der Waals surface area contributed by atoms with Crippen molar-refractivity contribution in [1.29, 1.82) is 0 Å². The van der Waals surface area contributed by atoms with Gasteiger partial charge in [0.05, 0.1) is 6.54 Å². The van der Waals surface area contributed by atoms with E-state index < -0.39 is 0 Å². The van der Waals surface area contributed by atoms with Crippen LogP contribution in [0.5, 0.6) is 0 Å². The molecular weight excluding hydrogens is 270 g/mol. The predicted molar refractivity (Wildman–Crippen MR) is 80.0 cm³/mol. The van der Waals surface area contributed by atoms with Crippen molar-refractivity contribution in [3.8, 4) is 0 Å². The van der Waals surface area contributed by atoms with Crippen molar-refractivity contribution >= 4 is 5.96 Å². The molecule has 7 heteroatoms. The third-order valence-corrected chi connectivity index (χ3v) is 4.08. The zero-order chi connectivity index (χ0) is 15.1. The summed E-state index contributed by atoms with van der Waals surface area (Å²) in [5.74, 6) is 1.96. The Morgan fingerprint density at radius 2 is 2.24 bits per heavy atom. The van der Waals surface area contributed by atoms with Crippen LogP contribution < -0.4 is 10.6 Å². The summed E-state index contributed by atoms with van der Waals surface area (Å²) in [6.45, 7) is 4.01. The number of hydrogen-bond donors (Lipinski definition) is 2. The Morgan fingerprint density at radius 1 is 1.43 bits per heavy atom. The lowest BCUT2D eigenvalue weighted by atomic mass is 9.67. The van der Waals surface area contributed by atoms with Gasteiger partial charge in [0, 0.05) is 27.3 Å². The van der Waals surface area contributed by atoms with Gasteiger partial charge in [-0.15, -0.1) is 0 Å². The van der Waals surface area contributed by atoms with Gasteiger partial charge in [-0.3, -0.25) is 4.99 Å². The molecule has 2 rings (SSSR count). The van der Waals surface area contributed by atoms with E-state index >= 15 is 0 Å². The number of aromatic nitrogens is 2. The third kappa shape index (κ3) is 4.42. The Kier molecular flexibility index (Phi) is 5.55. The lowest BCUT2D eigenvalue weighted by Gasteiger charge is -2.42. The number of nitrogens with zero attached hydrogens (tertiary/aromatic N) is 3. The van der Waals surface area contributed by atoms with Gasteiger partial charge in [-0.25, -0.2) is 0 Å². The van der Waals surface area contributed by atoms with E-state index in [0.717, 1.165) is 25.5 Å².